The second-order valence-corrected chi connectivity index (χ2v) is 5.03. The van der Waals surface area contributed by atoms with Crippen LogP contribution in [0.3, 0.4) is 0 Å². The van der Waals surface area contributed by atoms with E-state index in [0.717, 1.165) is 12.1 Å². The van der Waals surface area contributed by atoms with E-state index in [-0.39, 0.29) is 23.5 Å². The molecule has 0 saturated heterocycles. The summed E-state index contributed by atoms with van der Waals surface area (Å²) >= 11 is 0. The third kappa shape index (κ3) is 3.36. The van der Waals surface area contributed by atoms with Gasteiger partial charge < -0.3 is 14.4 Å². The summed E-state index contributed by atoms with van der Waals surface area (Å²) in [6, 6.07) is 1.96. The number of fused-ring (bicyclic) bond motifs is 1. The summed E-state index contributed by atoms with van der Waals surface area (Å²) in [5.41, 5.74) is 0.519. The van der Waals surface area contributed by atoms with E-state index in [9.17, 15) is 13.6 Å². The molecule has 0 saturated carbocycles. The van der Waals surface area contributed by atoms with Gasteiger partial charge in [0.2, 0.25) is 0 Å². The molecule has 1 aromatic heterocycles. The fraction of sp³-hybridized carbons (Fsp3) is 0.429. The standard InChI is InChI=1S/C14H16F2N2O3/c1-8(7-21-2)3-13-17-11-4-9(15)10(16)5-12(11)18(13)6-14(19)20/h4-5,8H,3,6-7H2,1-2H3,(H,19,20). The van der Waals surface area contributed by atoms with Crippen molar-refractivity contribution in [2.45, 2.75) is 19.9 Å². The van der Waals surface area contributed by atoms with Gasteiger partial charge >= 0.3 is 5.97 Å². The van der Waals surface area contributed by atoms with E-state index in [0.29, 0.717) is 18.9 Å². The van der Waals surface area contributed by atoms with E-state index in [1.165, 1.54) is 4.57 Å². The normalized spacial score (nSPS) is 12.8. The number of carbonyl (C=O) groups is 1. The van der Waals surface area contributed by atoms with Crippen LogP contribution in [0.1, 0.15) is 12.7 Å². The minimum Gasteiger partial charge on any atom is -0.480 e. The summed E-state index contributed by atoms with van der Waals surface area (Å²) < 4.78 is 33.1. The molecule has 114 valence electrons. The van der Waals surface area contributed by atoms with Crippen molar-refractivity contribution >= 4 is 17.0 Å². The fourth-order valence-electron chi connectivity index (χ4n) is 2.29. The molecule has 0 amide bonds. The second kappa shape index (κ2) is 6.17. The molecule has 0 aliphatic heterocycles. The predicted octanol–water partition coefficient (Wildman–Crippen LogP) is 2.22. The highest BCUT2D eigenvalue weighted by Crippen LogP contribution is 2.21. The molecule has 0 aliphatic carbocycles. The lowest BCUT2D eigenvalue weighted by Crippen LogP contribution is -2.16. The topological polar surface area (TPSA) is 64.4 Å². The maximum absolute atomic E-state index is 13.4. The number of methoxy groups -OCH3 is 1. The highest BCUT2D eigenvalue weighted by Gasteiger charge is 2.18. The molecule has 2 aromatic rings. The third-order valence-electron chi connectivity index (χ3n) is 3.14. The first kappa shape index (κ1) is 15.4. The molecular weight excluding hydrogens is 282 g/mol. The number of aliphatic carboxylic acids is 1. The Hall–Kier alpha value is -2.02. The van der Waals surface area contributed by atoms with Crippen LogP contribution in [0.4, 0.5) is 8.78 Å². The average molecular weight is 298 g/mol. The number of benzene rings is 1. The number of aromatic nitrogens is 2. The van der Waals surface area contributed by atoms with Crippen molar-refractivity contribution in [2.75, 3.05) is 13.7 Å². The molecule has 1 N–H and O–H groups in total. The molecular formula is C14H16F2N2O3. The molecule has 0 radical (unpaired) electrons. The van der Waals surface area contributed by atoms with Crippen LogP contribution >= 0.6 is 0 Å². The first-order chi connectivity index (χ1) is 9.92. The highest BCUT2D eigenvalue weighted by molar-refractivity contribution is 5.78. The smallest absolute Gasteiger partial charge is 0.323 e. The van der Waals surface area contributed by atoms with Crippen LogP contribution in [0, 0.1) is 17.6 Å². The number of rotatable bonds is 6. The zero-order chi connectivity index (χ0) is 15.6. The summed E-state index contributed by atoms with van der Waals surface area (Å²) in [5.74, 6) is -2.51. The molecule has 5 nitrogen and oxygen atoms in total. The zero-order valence-corrected chi connectivity index (χ0v) is 11.8. The largest absolute Gasteiger partial charge is 0.480 e. The third-order valence-corrected chi connectivity index (χ3v) is 3.14. The molecule has 0 spiro atoms. The molecule has 0 aliphatic rings. The predicted molar refractivity (Wildman–Crippen MR) is 72.0 cm³/mol. The molecule has 0 fully saturated rings. The number of hydrogen-bond acceptors (Lipinski definition) is 3. The van der Waals surface area contributed by atoms with Crippen LogP contribution in [-0.4, -0.2) is 34.3 Å². The first-order valence-corrected chi connectivity index (χ1v) is 6.47. The molecule has 2 rings (SSSR count). The zero-order valence-electron chi connectivity index (χ0n) is 11.8. The van der Waals surface area contributed by atoms with E-state index in [2.05, 4.69) is 4.98 Å². The van der Waals surface area contributed by atoms with Gasteiger partial charge in [-0.3, -0.25) is 4.79 Å². The Kier molecular flexibility index (Phi) is 4.52. The number of imidazole rings is 1. The number of carboxylic acid groups (broad SMARTS) is 1. The van der Waals surface area contributed by atoms with Crippen molar-refractivity contribution in [1.82, 2.24) is 9.55 Å². The van der Waals surface area contributed by atoms with Crippen molar-refractivity contribution < 1.29 is 23.4 Å². The van der Waals surface area contributed by atoms with E-state index >= 15 is 0 Å². The molecule has 1 aromatic carbocycles. The van der Waals surface area contributed by atoms with Crippen LogP contribution in [0.15, 0.2) is 12.1 Å². The van der Waals surface area contributed by atoms with Crippen molar-refractivity contribution in [2.24, 2.45) is 5.92 Å². The summed E-state index contributed by atoms with van der Waals surface area (Å²) in [4.78, 5) is 15.2. The quantitative estimate of drug-likeness (QED) is 0.888. The summed E-state index contributed by atoms with van der Waals surface area (Å²) in [5, 5.41) is 8.99. The van der Waals surface area contributed by atoms with E-state index in [1.807, 2.05) is 6.92 Å². The van der Waals surface area contributed by atoms with Crippen LogP contribution in [0.5, 0.6) is 0 Å². The Bertz CT molecular complexity index is 670. The average Bonchev–Trinajstić information content (AvgIpc) is 2.68. The van der Waals surface area contributed by atoms with Crippen molar-refractivity contribution in [1.29, 1.82) is 0 Å². The molecule has 1 unspecified atom stereocenters. The van der Waals surface area contributed by atoms with Gasteiger partial charge in [0.1, 0.15) is 12.4 Å². The lowest BCUT2D eigenvalue weighted by Gasteiger charge is -2.11. The number of carboxylic acids is 1. The van der Waals surface area contributed by atoms with Gasteiger partial charge in [0, 0.05) is 32.3 Å². The number of halogens is 2. The van der Waals surface area contributed by atoms with Crippen LogP contribution < -0.4 is 0 Å². The minimum absolute atomic E-state index is 0.106. The minimum atomic E-state index is -1.07. The Morgan fingerprint density at radius 1 is 1.43 bits per heavy atom. The van der Waals surface area contributed by atoms with Crippen molar-refractivity contribution in [3.8, 4) is 0 Å². The van der Waals surface area contributed by atoms with Gasteiger partial charge in [0.05, 0.1) is 11.0 Å². The molecule has 21 heavy (non-hydrogen) atoms. The summed E-state index contributed by atoms with van der Waals surface area (Å²) in [6.07, 6.45) is 0.457. The van der Waals surface area contributed by atoms with E-state index in [4.69, 9.17) is 9.84 Å². The maximum Gasteiger partial charge on any atom is 0.323 e. The van der Waals surface area contributed by atoms with Gasteiger partial charge in [0.15, 0.2) is 11.6 Å². The van der Waals surface area contributed by atoms with Crippen molar-refractivity contribution in [3.63, 3.8) is 0 Å². The Labute approximate surface area is 120 Å². The number of hydrogen-bond donors (Lipinski definition) is 1. The molecule has 0 bridgehead atoms. The second-order valence-electron chi connectivity index (χ2n) is 5.03. The maximum atomic E-state index is 13.4. The molecule has 1 atom stereocenters. The van der Waals surface area contributed by atoms with Gasteiger partial charge in [-0.2, -0.15) is 0 Å². The molecule has 1 heterocycles. The monoisotopic (exact) mass is 298 g/mol. The number of nitrogens with zero attached hydrogens (tertiary/aromatic N) is 2. The highest BCUT2D eigenvalue weighted by atomic mass is 19.2. The Morgan fingerprint density at radius 3 is 2.71 bits per heavy atom. The van der Waals surface area contributed by atoms with Crippen LogP contribution in [0.2, 0.25) is 0 Å². The van der Waals surface area contributed by atoms with Crippen LogP contribution in [0.25, 0.3) is 11.0 Å². The lowest BCUT2D eigenvalue weighted by atomic mass is 10.1. The van der Waals surface area contributed by atoms with E-state index < -0.39 is 17.6 Å². The Morgan fingerprint density at radius 2 is 2.10 bits per heavy atom. The van der Waals surface area contributed by atoms with Gasteiger partial charge in [-0.15, -0.1) is 0 Å². The lowest BCUT2D eigenvalue weighted by molar-refractivity contribution is -0.137. The fourth-order valence-corrected chi connectivity index (χ4v) is 2.29. The van der Waals surface area contributed by atoms with Crippen LogP contribution in [-0.2, 0) is 22.5 Å². The summed E-state index contributed by atoms with van der Waals surface area (Å²) in [6.45, 7) is 2.06. The van der Waals surface area contributed by atoms with Gasteiger partial charge in [-0.05, 0) is 5.92 Å². The number of ether oxygens (including phenoxy) is 1. The van der Waals surface area contributed by atoms with Gasteiger partial charge in [-0.25, -0.2) is 13.8 Å². The molecule has 7 heteroatoms. The Balaban J connectivity index is 2.49. The van der Waals surface area contributed by atoms with Gasteiger partial charge in [0.25, 0.3) is 0 Å². The SMILES string of the molecule is COCC(C)Cc1nc2cc(F)c(F)cc2n1CC(=O)O. The first-order valence-electron chi connectivity index (χ1n) is 6.47. The summed E-state index contributed by atoms with van der Waals surface area (Å²) in [7, 11) is 1.57. The van der Waals surface area contributed by atoms with E-state index in [1.54, 1.807) is 7.11 Å². The van der Waals surface area contributed by atoms with Gasteiger partial charge in [-0.1, -0.05) is 6.92 Å². The van der Waals surface area contributed by atoms with Crippen molar-refractivity contribution in [3.05, 3.63) is 29.6 Å².